The van der Waals surface area contributed by atoms with Gasteiger partial charge in [0.05, 0.1) is 16.5 Å². The summed E-state index contributed by atoms with van der Waals surface area (Å²) < 4.78 is 1.82. The molecular formula is C13H11Cl2N3O2S. The summed E-state index contributed by atoms with van der Waals surface area (Å²) in [6, 6.07) is 5.16. The van der Waals surface area contributed by atoms with Crippen molar-refractivity contribution in [3.63, 3.8) is 0 Å². The highest BCUT2D eigenvalue weighted by molar-refractivity contribution is 7.99. The van der Waals surface area contributed by atoms with E-state index < -0.39 is 5.97 Å². The molecule has 2 aromatic rings. The molecule has 1 aliphatic carbocycles. The van der Waals surface area contributed by atoms with Crippen molar-refractivity contribution in [2.24, 2.45) is 0 Å². The molecule has 0 radical (unpaired) electrons. The number of hydrogen-bond acceptors (Lipinski definition) is 4. The number of aromatic nitrogens is 3. The summed E-state index contributed by atoms with van der Waals surface area (Å²) in [6.07, 6.45) is 2.11. The van der Waals surface area contributed by atoms with E-state index in [2.05, 4.69) is 10.2 Å². The zero-order valence-corrected chi connectivity index (χ0v) is 13.1. The average Bonchev–Trinajstić information content (AvgIpc) is 3.20. The molecule has 5 nitrogen and oxygen atoms in total. The van der Waals surface area contributed by atoms with Crippen molar-refractivity contribution in [2.75, 3.05) is 5.75 Å². The molecule has 0 aliphatic heterocycles. The number of carboxylic acids is 1. The van der Waals surface area contributed by atoms with E-state index >= 15 is 0 Å². The van der Waals surface area contributed by atoms with Crippen LogP contribution < -0.4 is 0 Å². The van der Waals surface area contributed by atoms with E-state index in [1.54, 1.807) is 18.2 Å². The van der Waals surface area contributed by atoms with Crippen LogP contribution in [0.25, 0.3) is 5.69 Å². The number of thioether (sulfide) groups is 1. The first-order valence-corrected chi connectivity index (χ1v) is 8.05. The third kappa shape index (κ3) is 3.17. The summed E-state index contributed by atoms with van der Waals surface area (Å²) in [5.41, 5.74) is 0.684. The van der Waals surface area contributed by atoms with Crippen LogP contribution in [0.15, 0.2) is 23.4 Å². The molecule has 1 aromatic carbocycles. The van der Waals surface area contributed by atoms with Gasteiger partial charge in [0.1, 0.15) is 5.82 Å². The largest absolute Gasteiger partial charge is 0.481 e. The average molecular weight is 344 g/mol. The van der Waals surface area contributed by atoms with Gasteiger partial charge in [-0.2, -0.15) is 0 Å². The van der Waals surface area contributed by atoms with Crippen molar-refractivity contribution in [1.82, 2.24) is 14.8 Å². The van der Waals surface area contributed by atoms with E-state index in [0.29, 0.717) is 26.8 Å². The first kappa shape index (κ1) is 14.7. The molecule has 1 heterocycles. The van der Waals surface area contributed by atoms with Crippen molar-refractivity contribution in [1.29, 1.82) is 0 Å². The zero-order valence-electron chi connectivity index (χ0n) is 10.8. The van der Waals surface area contributed by atoms with Crippen molar-refractivity contribution in [3.8, 4) is 5.69 Å². The Kier molecular flexibility index (Phi) is 4.10. The van der Waals surface area contributed by atoms with E-state index in [1.165, 1.54) is 0 Å². The van der Waals surface area contributed by atoms with Gasteiger partial charge in [-0.05, 0) is 31.0 Å². The lowest BCUT2D eigenvalue weighted by Crippen LogP contribution is -2.05. The predicted molar refractivity (Wildman–Crippen MR) is 81.7 cm³/mol. The molecular weight excluding hydrogens is 333 g/mol. The summed E-state index contributed by atoms with van der Waals surface area (Å²) in [6.45, 7) is 0. The van der Waals surface area contributed by atoms with Gasteiger partial charge >= 0.3 is 5.97 Å². The van der Waals surface area contributed by atoms with Gasteiger partial charge in [0, 0.05) is 10.9 Å². The van der Waals surface area contributed by atoms with Gasteiger partial charge in [-0.1, -0.05) is 35.0 Å². The molecule has 0 amide bonds. The molecule has 1 aromatic heterocycles. The van der Waals surface area contributed by atoms with Crippen LogP contribution in [-0.4, -0.2) is 31.6 Å². The van der Waals surface area contributed by atoms with E-state index in [4.69, 9.17) is 28.3 Å². The van der Waals surface area contributed by atoms with Crippen molar-refractivity contribution in [3.05, 3.63) is 34.1 Å². The smallest absolute Gasteiger partial charge is 0.313 e. The molecule has 110 valence electrons. The highest BCUT2D eigenvalue weighted by Gasteiger charge is 2.31. The molecule has 0 saturated heterocycles. The second kappa shape index (κ2) is 5.87. The minimum atomic E-state index is -0.903. The van der Waals surface area contributed by atoms with Gasteiger partial charge in [0.2, 0.25) is 0 Å². The fourth-order valence-corrected chi connectivity index (χ4v) is 3.03. The molecule has 21 heavy (non-hydrogen) atoms. The molecule has 0 unspecified atom stereocenters. The second-order valence-corrected chi connectivity index (χ2v) is 6.51. The number of carbonyl (C=O) groups is 1. The molecule has 1 fully saturated rings. The van der Waals surface area contributed by atoms with E-state index in [9.17, 15) is 4.79 Å². The lowest BCUT2D eigenvalue weighted by atomic mass is 10.3. The van der Waals surface area contributed by atoms with Crippen LogP contribution in [0.3, 0.4) is 0 Å². The normalized spacial score (nSPS) is 14.4. The number of halogens is 2. The third-order valence-electron chi connectivity index (χ3n) is 3.07. The summed E-state index contributed by atoms with van der Waals surface area (Å²) in [5.74, 6) is 0.180. The van der Waals surface area contributed by atoms with E-state index in [-0.39, 0.29) is 5.75 Å². The van der Waals surface area contributed by atoms with Crippen molar-refractivity contribution in [2.45, 2.75) is 23.9 Å². The molecule has 0 spiro atoms. The fraction of sp³-hybridized carbons (Fsp3) is 0.308. The number of rotatable bonds is 5. The fourth-order valence-electron chi connectivity index (χ4n) is 1.99. The second-order valence-electron chi connectivity index (χ2n) is 4.73. The molecule has 0 bridgehead atoms. The first-order valence-electron chi connectivity index (χ1n) is 6.31. The Labute approximate surface area is 135 Å². The predicted octanol–water partition coefficient (Wildman–Crippen LogP) is 3.63. The maximum atomic E-state index is 10.8. The number of aliphatic carboxylic acids is 1. The topological polar surface area (TPSA) is 68.0 Å². The maximum Gasteiger partial charge on any atom is 0.313 e. The molecule has 1 aliphatic rings. The Hall–Kier alpha value is -1.24. The Morgan fingerprint density at radius 2 is 2.14 bits per heavy atom. The zero-order chi connectivity index (χ0) is 15.0. The van der Waals surface area contributed by atoms with Crippen LogP contribution in [0.4, 0.5) is 0 Å². The van der Waals surface area contributed by atoms with Gasteiger partial charge < -0.3 is 5.11 Å². The molecule has 0 atom stereocenters. The third-order valence-corrected chi connectivity index (χ3v) is 4.54. The van der Waals surface area contributed by atoms with Gasteiger partial charge in [-0.25, -0.2) is 0 Å². The van der Waals surface area contributed by atoms with Crippen LogP contribution >= 0.6 is 35.0 Å². The van der Waals surface area contributed by atoms with Crippen LogP contribution in [-0.2, 0) is 4.79 Å². The standard InChI is InChI=1S/C13H11Cl2N3O2S/c14-8-3-4-9(15)10(5-8)18-12(7-1-2-7)16-17-13(18)21-6-11(19)20/h3-5,7H,1-2,6H2,(H,19,20). The van der Waals surface area contributed by atoms with Crippen molar-refractivity contribution < 1.29 is 9.90 Å². The highest BCUT2D eigenvalue weighted by atomic mass is 35.5. The maximum absolute atomic E-state index is 10.8. The number of benzene rings is 1. The lowest BCUT2D eigenvalue weighted by molar-refractivity contribution is -0.133. The minimum Gasteiger partial charge on any atom is -0.481 e. The van der Waals surface area contributed by atoms with Gasteiger partial charge in [0.25, 0.3) is 0 Å². The monoisotopic (exact) mass is 343 g/mol. The molecule has 8 heteroatoms. The Morgan fingerprint density at radius 3 is 2.81 bits per heavy atom. The highest BCUT2D eigenvalue weighted by Crippen LogP contribution is 2.42. The van der Waals surface area contributed by atoms with E-state index in [1.807, 2.05) is 4.57 Å². The van der Waals surface area contributed by atoms with Gasteiger partial charge in [-0.3, -0.25) is 9.36 Å². The molecule has 1 N–H and O–H groups in total. The van der Waals surface area contributed by atoms with Crippen LogP contribution in [0.5, 0.6) is 0 Å². The minimum absolute atomic E-state index is 0.0824. The summed E-state index contributed by atoms with van der Waals surface area (Å²) in [7, 11) is 0. The molecule has 1 saturated carbocycles. The quantitative estimate of drug-likeness (QED) is 0.839. The Balaban J connectivity index is 2.07. The summed E-state index contributed by atoms with van der Waals surface area (Å²) in [4.78, 5) is 10.8. The first-order chi connectivity index (χ1) is 10.1. The summed E-state index contributed by atoms with van der Waals surface area (Å²) in [5, 5.41) is 18.7. The number of nitrogens with zero attached hydrogens (tertiary/aromatic N) is 3. The number of hydrogen-bond donors (Lipinski definition) is 1. The summed E-state index contributed by atoms with van der Waals surface area (Å²) >= 11 is 13.4. The Bertz CT molecular complexity index is 701. The van der Waals surface area contributed by atoms with Gasteiger partial charge in [0.15, 0.2) is 5.16 Å². The van der Waals surface area contributed by atoms with Gasteiger partial charge in [-0.15, -0.1) is 10.2 Å². The van der Waals surface area contributed by atoms with Crippen molar-refractivity contribution >= 4 is 40.9 Å². The van der Waals surface area contributed by atoms with Crippen LogP contribution in [0, 0.1) is 0 Å². The molecule has 3 rings (SSSR count). The Morgan fingerprint density at radius 1 is 1.38 bits per heavy atom. The van der Waals surface area contributed by atoms with Crippen LogP contribution in [0.2, 0.25) is 10.0 Å². The van der Waals surface area contributed by atoms with Crippen LogP contribution in [0.1, 0.15) is 24.6 Å². The number of carboxylic acid groups (broad SMARTS) is 1. The SMILES string of the molecule is O=C(O)CSc1nnc(C2CC2)n1-c1cc(Cl)ccc1Cl. The van der Waals surface area contributed by atoms with E-state index in [0.717, 1.165) is 30.4 Å². The lowest BCUT2D eigenvalue weighted by Gasteiger charge is -2.11.